The number of nitrogens with one attached hydrogen (secondary N) is 1. The topological polar surface area (TPSA) is 68.3 Å². The molecule has 1 amide bonds. The van der Waals surface area contributed by atoms with Gasteiger partial charge in [-0.1, -0.05) is 30.3 Å². The van der Waals surface area contributed by atoms with Crippen LogP contribution in [0.25, 0.3) is 0 Å². The Hall–Kier alpha value is -2.07. The minimum Gasteiger partial charge on any atom is -0.469 e. The zero-order valence-corrected chi connectivity index (χ0v) is 10.2. The average molecular weight is 244 g/mol. The van der Waals surface area contributed by atoms with Crippen molar-refractivity contribution in [1.29, 1.82) is 0 Å². The van der Waals surface area contributed by atoms with Crippen molar-refractivity contribution in [2.24, 2.45) is 5.73 Å². The zero-order valence-electron chi connectivity index (χ0n) is 10.2. The van der Waals surface area contributed by atoms with Crippen molar-refractivity contribution in [2.45, 2.75) is 13.0 Å². The number of furan rings is 1. The maximum atomic E-state index is 11.8. The highest BCUT2D eigenvalue weighted by Crippen LogP contribution is 2.10. The number of hydrogen-bond acceptors (Lipinski definition) is 3. The van der Waals surface area contributed by atoms with Crippen molar-refractivity contribution < 1.29 is 9.21 Å². The Morgan fingerprint density at radius 1 is 1.33 bits per heavy atom. The van der Waals surface area contributed by atoms with E-state index in [2.05, 4.69) is 5.32 Å². The molecule has 1 aromatic heterocycles. The van der Waals surface area contributed by atoms with Gasteiger partial charge in [0.15, 0.2) is 0 Å². The summed E-state index contributed by atoms with van der Waals surface area (Å²) in [5.74, 6) is 0.452. The van der Waals surface area contributed by atoms with Gasteiger partial charge in [-0.3, -0.25) is 4.79 Å². The van der Waals surface area contributed by atoms with Crippen LogP contribution in [0.4, 0.5) is 0 Å². The van der Waals surface area contributed by atoms with Crippen molar-refractivity contribution in [2.75, 3.05) is 6.54 Å². The molecule has 1 heterocycles. The van der Waals surface area contributed by atoms with Crippen LogP contribution in [0.2, 0.25) is 0 Å². The highest BCUT2D eigenvalue weighted by Gasteiger charge is 2.12. The normalized spacial score (nSPS) is 12.1. The van der Waals surface area contributed by atoms with E-state index < -0.39 is 0 Å². The highest BCUT2D eigenvalue weighted by molar-refractivity contribution is 5.95. The van der Waals surface area contributed by atoms with Crippen LogP contribution in [0.5, 0.6) is 0 Å². The summed E-state index contributed by atoms with van der Waals surface area (Å²) in [4.78, 5) is 11.8. The van der Waals surface area contributed by atoms with Gasteiger partial charge >= 0.3 is 0 Å². The van der Waals surface area contributed by atoms with Crippen molar-refractivity contribution in [1.82, 2.24) is 5.32 Å². The smallest absolute Gasteiger partial charge is 0.254 e. The molecule has 0 bridgehead atoms. The molecule has 1 atom stereocenters. The summed E-state index contributed by atoms with van der Waals surface area (Å²) in [5.41, 5.74) is 7.55. The second kappa shape index (κ2) is 5.51. The molecule has 0 aliphatic heterocycles. The summed E-state index contributed by atoms with van der Waals surface area (Å²) in [6.07, 6.45) is 1.50. The Balaban J connectivity index is 1.93. The van der Waals surface area contributed by atoms with Crippen molar-refractivity contribution in [3.05, 3.63) is 59.5 Å². The van der Waals surface area contributed by atoms with Crippen LogP contribution in [-0.4, -0.2) is 12.5 Å². The average Bonchev–Trinajstić information content (AvgIpc) is 2.83. The van der Waals surface area contributed by atoms with Crippen molar-refractivity contribution in [3.63, 3.8) is 0 Å². The van der Waals surface area contributed by atoms with Crippen molar-refractivity contribution in [3.8, 4) is 0 Å². The molecule has 0 aliphatic rings. The fourth-order valence-corrected chi connectivity index (χ4v) is 1.74. The number of carbonyl (C=O) groups is 1. The van der Waals surface area contributed by atoms with Crippen LogP contribution in [0.1, 0.15) is 27.7 Å². The second-order valence-electron chi connectivity index (χ2n) is 4.12. The number of carbonyl (C=O) groups excluding carboxylic acids is 1. The molecule has 0 saturated heterocycles. The lowest BCUT2D eigenvalue weighted by molar-refractivity contribution is 0.0949. The van der Waals surface area contributed by atoms with E-state index in [-0.39, 0.29) is 11.9 Å². The number of amides is 1. The Kier molecular flexibility index (Phi) is 3.79. The lowest BCUT2D eigenvalue weighted by Gasteiger charge is -2.12. The molecule has 4 heteroatoms. The Morgan fingerprint density at radius 2 is 2.06 bits per heavy atom. The van der Waals surface area contributed by atoms with E-state index >= 15 is 0 Å². The van der Waals surface area contributed by atoms with Crippen LogP contribution in [-0.2, 0) is 0 Å². The van der Waals surface area contributed by atoms with Gasteiger partial charge in [-0.25, -0.2) is 0 Å². The van der Waals surface area contributed by atoms with Crippen LogP contribution in [0.3, 0.4) is 0 Å². The Morgan fingerprint density at radius 3 is 2.67 bits per heavy atom. The van der Waals surface area contributed by atoms with Gasteiger partial charge in [-0.2, -0.15) is 0 Å². The molecule has 1 unspecified atom stereocenters. The monoisotopic (exact) mass is 244 g/mol. The maximum absolute atomic E-state index is 11.8. The molecule has 2 rings (SSSR count). The van der Waals surface area contributed by atoms with E-state index in [0.29, 0.717) is 17.9 Å². The minimum atomic E-state index is -0.206. The van der Waals surface area contributed by atoms with E-state index in [4.69, 9.17) is 10.2 Å². The predicted octanol–water partition coefficient (Wildman–Crippen LogP) is 2.02. The summed E-state index contributed by atoms with van der Waals surface area (Å²) in [6.45, 7) is 2.15. The first-order valence-electron chi connectivity index (χ1n) is 5.81. The van der Waals surface area contributed by atoms with Crippen molar-refractivity contribution >= 4 is 5.91 Å². The molecule has 0 fully saturated rings. The molecule has 0 radical (unpaired) electrons. The van der Waals surface area contributed by atoms with Crippen LogP contribution in [0.15, 0.2) is 47.1 Å². The second-order valence-corrected chi connectivity index (χ2v) is 4.12. The first-order chi connectivity index (χ1) is 8.68. The standard InChI is InChI=1S/C14H16N2O2/c1-10-12(7-8-18-10)14(17)16-9-13(15)11-5-3-2-4-6-11/h2-8,13H,9,15H2,1H3,(H,16,17). The first-order valence-corrected chi connectivity index (χ1v) is 5.81. The van der Waals surface area contributed by atoms with E-state index in [1.165, 1.54) is 6.26 Å². The summed E-state index contributed by atoms with van der Waals surface area (Å²) >= 11 is 0. The molecule has 4 nitrogen and oxygen atoms in total. The molecule has 0 saturated carbocycles. The van der Waals surface area contributed by atoms with Crippen LogP contribution in [0, 0.1) is 6.92 Å². The van der Waals surface area contributed by atoms with Gasteiger partial charge < -0.3 is 15.5 Å². The largest absolute Gasteiger partial charge is 0.469 e. The maximum Gasteiger partial charge on any atom is 0.254 e. The third-order valence-corrected chi connectivity index (χ3v) is 2.81. The predicted molar refractivity (Wildman–Crippen MR) is 69.1 cm³/mol. The molecule has 0 aliphatic carbocycles. The first kappa shape index (κ1) is 12.4. The van der Waals surface area contributed by atoms with Crippen LogP contribution >= 0.6 is 0 Å². The molecule has 2 aromatic rings. The third kappa shape index (κ3) is 2.78. The molecule has 3 N–H and O–H groups in total. The molecular weight excluding hydrogens is 228 g/mol. The summed E-state index contributed by atoms with van der Waals surface area (Å²) in [5, 5.41) is 2.80. The number of hydrogen-bond donors (Lipinski definition) is 2. The van der Waals surface area contributed by atoms with Gasteiger partial charge in [0.2, 0.25) is 0 Å². The van der Waals surface area contributed by atoms with E-state index in [9.17, 15) is 4.79 Å². The Bertz CT molecular complexity index is 520. The van der Waals surface area contributed by atoms with E-state index in [1.807, 2.05) is 30.3 Å². The number of benzene rings is 1. The van der Waals surface area contributed by atoms with E-state index in [0.717, 1.165) is 5.56 Å². The molecular formula is C14H16N2O2. The van der Waals surface area contributed by atoms with Gasteiger partial charge in [0.25, 0.3) is 5.91 Å². The zero-order chi connectivity index (χ0) is 13.0. The summed E-state index contributed by atoms with van der Waals surface area (Å²) < 4.78 is 5.08. The lowest BCUT2D eigenvalue weighted by Crippen LogP contribution is -2.31. The van der Waals surface area contributed by atoms with Gasteiger partial charge in [0.1, 0.15) is 5.76 Å². The number of rotatable bonds is 4. The van der Waals surface area contributed by atoms with Gasteiger partial charge in [0, 0.05) is 12.6 Å². The molecule has 0 spiro atoms. The fourth-order valence-electron chi connectivity index (χ4n) is 1.74. The fraction of sp³-hybridized carbons (Fsp3) is 0.214. The minimum absolute atomic E-state index is 0.160. The Labute approximate surface area is 106 Å². The molecule has 18 heavy (non-hydrogen) atoms. The molecule has 94 valence electrons. The number of aryl methyl sites for hydroxylation is 1. The quantitative estimate of drug-likeness (QED) is 0.864. The van der Waals surface area contributed by atoms with Gasteiger partial charge in [0.05, 0.1) is 11.8 Å². The number of nitrogens with two attached hydrogens (primary N) is 1. The van der Waals surface area contributed by atoms with Gasteiger partial charge in [-0.15, -0.1) is 0 Å². The highest BCUT2D eigenvalue weighted by atomic mass is 16.3. The molecule has 1 aromatic carbocycles. The SMILES string of the molecule is Cc1occc1C(=O)NCC(N)c1ccccc1. The third-order valence-electron chi connectivity index (χ3n) is 2.81. The summed E-state index contributed by atoms with van der Waals surface area (Å²) in [6, 6.07) is 11.1. The summed E-state index contributed by atoms with van der Waals surface area (Å²) in [7, 11) is 0. The van der Waals surface area contributed by atoms with Gasteiger partial charge in [-0.05, 0) is 18.6 Å². The lowest BCUT2D eigenvalue weighted by atomic mass is 10.1. The van der Waals surface area contributed by atoms with E-state index in [1.54, 1.807) is 13.0 Å². The van der Waals surface area contributed by atoms with Crippen LogP contribution < -0.4 is 11.1 Å².